The Hall–Kier alpha value is -3.42. The summed E-state index contributed by atoms with van der Waals surface area (Å²) in [7, 11) is 0. The SMILES string of the molecule is O=[N+]([O-])c1ccccc1C=N[C@@H]1CCCC[C@H]1N=Cc1ccccc1[N+](=O)[O-]. The molecule has 0 radical (unpaired) electrons. The Balaban J connectivity index is 1.80. The zero-order chi connectivity index (χ0) is 19.9. The summed E-state index contributed by atoms with van der Waals surface area (Å²) in [5.74, 6) is 0. The van der Waals surface area contributed by atoms with Gasteiger partial charge in [-0.1, -0.05) is 37.1 Å². The van der Waals surface area contributed by atoms with E-state index >= 15 is 0 Å². The van der Waals surface area contributed by atoms with E-state index < -0.39 is 9.85 Å². The van der Waals surface area contributed by atoms with Gasteiger partial charge < -0.3 is 0 Å². The molecule has 0 unspecified atom stereocenters. The molecule has 0 heterocycles. The molecule has 2 aromatic carbocycles. The highest BCUT2D eigenvalue weighted by Crippen LogP contribution is 2.25. The molecular formula is C20H20N4O4. The van der Waals surface area contributed by atoms with Crippen LogP contribution in [0, 0.1) is 20.2 Å². The molecule has 0 amide bonds. The lowest BCUT2D eigenvalue weighted by atomic mass is 9.91. The van der Waals surface area contributed by atoms with E-state index in [-0.39, 0.29) is 23.5 Å². The number of rotatable bonds is 6. The van der Waals surface area contributed by atoms with Crippen molar-refractivity contribution in [2.24, 2.45) is 9.98 Å². The molecule has 1 fully saturated rings. The molecule has 8 heteroatoms. The molecule has 0 saturated heterocycles. The first-order valence-electron chi connectivity index (χ1n) is 9.09. The minimum absolute atomic E-state index is 0.0158. The molecule has 0 aromatic heterocycles. The van der Waals surface area contributed by atoms with Gasteiger partial charge in [0.25, 0.3) is 11.4 Å². The van der Waals surface area contributed by atoms with Crippen molar-refractivity contribution in [1.82, 2.24) is 0 Å². The summed E-state index contributed by atoms with van der Waals surface area (Å²) in [5.41, 5.74) is 0.947. The molecular weight excluding hydrogens is 360 g/mol. The zero-order valence-electron chi connectivity index (χ0n) is 15.2. The van der Waals surface area contributed by atoms with Crippen LogP contribution in [0.2, 0.25) is 0 Å². The second kappa shape index (κ2) is 8.98. The highest BCUT2D eigenvalue weighted by atomic mass is 16.6. The van der Waals surface area contributed by atoms with Crippen LogP contribution in [0.3, 0.4) is 0 Å². The number of nitrogens with zero attached hydrogens (tertiary/aromatic N) is 4. The van der Waals surface area contributed by atoms with Crippen LogP contribution < -0.4 is 0 Å². The van der Waals surface area contributed by atoms with E-state index in [1.165, 1.54) is 12.1 Å². The van der Waals surface area contributed by atoms with Crippen molar-refractivity contribution in [1.29, 1.82) is 0 Å². The fourth-order valence-electron chi connectivity index (χ4n) is 3.32. The fraction of sp³-hybridized carbons (Fsp3) is 0.300. The van der Waals surface area contributed by atoms with Crippen LogP contribution in [0.15, 0.2) is 58.5 Å². The van der Waals surface area contributed by atoms with E-state index in [9.17, 15) is 20.2 Å². The second-order valence-electron chi connectivity index (χ2n) is 6.61. The maximum absolute atomic E-state index is 11.1. The molecule has 0 spiro atoms. The highest BCUT2D eigenvalue weighted by Gasteiger charge is 2.24. The summed E-state index contributed by atoms with van der Waals surface area (Å²) in [4.78, 5) is 30.6. The van der Waals surface area contributed by atoms with Gasteiger partial charge in [0.2, 0.25) is 0 Å². The number of benzene rings is 2. The van der Waals surface area contributed by atoms with Gasteiger partial charge in [0.05, 0.1) is 33.1 Å². The molecule has 3 rings (SSSR count). The maximum atomic E-state index is 11.1. The predicted molar refractivity (Wildman–Crippen MR) is 107 cm³/mol. The van der Waals surface area contributed by atoms with Crippen LogP contribution >= 0.6 is 0 Å². The third-order valence-electron chi connectivity index (χ3n) is 4.77. The van der Waals surface area contributed by atoms with Crippen molar-refractivity contribution in [2.45, 2.75) is 37.8 Å². The lowest BCUT2D eigenvalue weighted by Gasteiger charge is -2.25. The van der Waals surface area contributed by atoms with E-state index in [0.29, 0.717) is 11.1 Å². The van der Waals surface area contributed by atoms with Gasteiger partial charge in [-0.3, -0.25) is 30.2 Å². The Morgan fingerprint density at radius 3 is 1.54 bits per heavy atom. The van der Waals surface area contributed by atoms with Gasteiger partial charge in [0.1, 0.15) is 0 Å². The zero-order valence-corrected chi connectivity index (χ0v) is 15.2. The molecule has 2 aromatic rings. The first kappa shape index (κ1) is 19.3. The average Bonchev–Trinajstić information content (AvgIpc) is 2.71. The fourth-order valence-corrected chi connectivity index (χ4v) is 3.32. The van der Waals surface area contributed by atoms with Crippen LogP contribution in [-0.4, -0.2) is 34.4 Å². The molecule has 0 aliphatic heterocycles. The molecule has 0 N–H and O–H groups in total. The van der Waals surface area contributed by atoms with E-state index in [4.69, 9.17) is 0 Å². The van der Waals surface area contributed by atoms with Gasteiger partial charge in [-0.05, 0) is 25.0 Å². The lowest BCUT2D eigenvalue weighted by molar-refractivity contribution is -0.385. The second-order valence-corrected chi connectivity index (χ2v) is 6.61. The van der Waals surface area contributed by atoms with Crippen molar-refractivity contribution in [3.05, 3.63) is 79.9 Å². The number of para-hydroxylation sites is 2. The van der Waals surface area contributed by atoms with Gasteiger partial charge in [-0.15, -0.1) is 0 Å². The first-order valence-corrected chi connectivity index (χ1v) is 9.09. The van der Waals surface area contributed by atoms with Crippen molar-refractivity contribution in [2.75, 3.05) is 0 Å². The molecule has 144 valence electrons. The number of aliphatic imine (C=N–C) groups is 2. The number of hydrogen-bond acceptors (Lipinski definition) is 6. The summed E-state index contributed by atoms with van der Waals surface area (Å²) < 4.78 is 0. The minimum Gasteiger partial charge on any atom is -0.287 e. The largest absolute Gasteiger partial charge is 0.287 e. The summed E-state index contributed by atoms with van der Waals surface area (Å²) in [5, 5.41) is 22.3. The Bertz CT molecular complexity index is 850. The minimum atomic E-state index is -0.424. The van der Waals surface area contributed by atoms with Crippen molar-refractivity contribution >= 4 is 23.8 Å². The molecule has 1 aliphatic carbocycles. The third-order valence-corrected chi connectivity index (χ3v) is 4.77. The van der Waals surface area contributed by atoms with Crippen LogP contribution in [0.4, 0.5) is 11.4 Å². The van der Waals surface area contributed by atoms with Gasteiger partial charge in [-0.25, -0.2) is 0 Å². The van der Waals surface area contributed by atoms with Crippen LogP contribution in [0.1, 0.15) is 36.8 Å². The molecule has 0 bridgehead atoms. The smallest absolute Gasteiger partial charge is 0.278 e. The van der Waals surface area contributed by atoms with Crippen LogP contribution in [0.25, 0.3) is 0 Å². The third kappa shape index (κ3) is 4.64. The summed E-state index contributed by atoms with van der Waals surface area (Å²) in [6.45, 7) is 0. The van der Waals surface area contributed by atoms with Crippen molar-refractivity contribution in [3.63, 3.8) is 0 Å². The topological polar surface area (TPSA) is 111 Å². The summed E-state index contributed by atoms with van der Waals surface area (Å²) in [6, 6.07) is 12.7. The van der Waals surface area contributed by atoms with Crippen LogP contribution in [-0.2, 0) is 0 Å². The molecule has 28 heavy (non-hydrogen) atoms. The van der Waals surface area contributed by atoms with E-state index in [1.54, 1.807) is 48.8 Å². The van der Waals surface area contributed by atoms with Gasteiger partial charge in [0.15, 0.2) is 0 Å². The van der Waals surface area contributed by atoms with Crippen molar-refractivity contribution in [3.8, 4) is 0 Å². The number of nitro benzene ring substituents is 2. The monoisotopic (exact) mass is 380 g/mol. The van der Waals surface area contributed by atoms with Gasteiger partial charge in [-0.2, -0.15) is 0 Å². The Labute approximate surface area is 161 Å². The molecule has 2 atom stereocenters. The van der Waals surface area contributed by atoms with E-state index in [0.717, 1.165) is 25.7 Å². The molecule has 1 saturated carbocycles. The number of hydrogen-bond donors (Lipinski definition) is 0. The maximum Gasteiger partial charge on any atom is 0.278 e. The van der Waals surface area contributed by atoms with E-state index in [2.05, 4.69) is 9.98 Å². The quantitative estimate of drug-likeness (QED) is 0.421. The molecule has 1 aliphatic rings. The summed E-state index contributed by atoms with van der Waals surface area (Å²) >= 11 is 0. The first-order chi connectivity index (χ1) is 13.6. The standard InChI is InChI=1S/C20H20N4O4/c25-23(26)19-11-5-1-7-15(19)13-21-17-9-3-4-10-18(17)22-14-16-8-2-6-12-20(16)24(27)28/h1-2,5-8,11-14,17-18H,3-4,9-10H2/t17-,18-/m1/s1. The highest BCUT2D eigenvalue weighted by molar-refractivity contribution is 5.86. The van der Waals surface area contributed by atoms with E-state index in [1.807, 2.05) is 0 Å². The van der Waals surface area contributed by atoms with Gasteiger partial charge >= 0.3 is 0 Å². The lowest BCUT2D eigenvalue weighted by Crippen LogP contribution is -2.27. The predicted octanol–water partition coefficient (Wildman–Crippen LogP) is 4.35. The normalized spacial score (nSPS) is 19.9. The average molecular weight is 380 g/mol. The Morgan fingerprint density at radius 1 is 0.750 bits per heavy atom. The Morgan fingerprint density at radius 2 is 1.14 bits per heavy atom. The molecule has 8 nitrogen and oxygen atoms in total. The van der Waals surface area contributed by atoms with Gasteiger partial charge in [0, 0.05) is 24.6 Å². The van der Waals surface area contributed by atoms with Crippen LogP contribution in [0.5, 0.6) is 0 Å². The number of nitro groups is 2. The summed E-state index contributed by atoms with van der Waals surface area (Å²) in [6.07, 6.45) is 6.77. The van der Waals surface area contributed by atoms with Crippen molar-refractivity contribution < 1.29 is 9.85 Å². The Kier molecular flexibility index (Phi) is 6.21.